The Balaban J connectivity index is 0.00000216. The molecular formula is C27H33Cl2N3O2S. The van der Waals surface area contributed by atoms with Gasteiger partial charge in [0.15, 0.2) is 0 Å². The summed E-state index contributed by atoms with van der Waals surface area (Å²) in [6.07, 6.45) is 8.14. The summed E-state index contributed by atoms with van der Waals surface area (Å²) in [6, 6.07) is 17.9. The minimum absolute atomic E-state index is 0. The molecule has 1 aromatic carbocycles. The third kappa shape index (κ3) is 8.65. The number of pyridine rings is 2. The van der Waals surface area contributed by atoms with Crippen LogP contribution < -0.4 is 10.3 Å². The van der Waals surface area contributed by atoms with E-state index in [1.807, 2.05) is 54.1 Å². The van der Waals surface area contributed by atoms with Crippen LogP contribution in [0.2, 0.25) is 0 Å². The number of ether oxygens (including phenoxy) is 1. The first-order valence-electron chi connectivity index (χ1n) is 11.6. The van der Waals surface area contributed by atoms with Crippen LogP contribution in [0.3, 0.4) is 0 Å². The Morgan fingerprint density at radius 2 is 1.89 bits per heavy atom. The van der Waals surface area contributed by atoms with Crippen molar-refractivity contribution in [3.8, 4) is 5.75 Å². The van der Waals surface area contributed by atoms with Crippen LogP contribution in [0.4, 0.5) is 0 Å². The van der Waals surface area contributed by atoms with Gasteiger partial charge in [0, 0.05) is 48.9 Å². The quantitative estimate of drug-likeness (QED) is 0.205. The van der Waals surface area contributed by atoms with Crippen LogP contribution >= 0.6 is 36.2 Å². The lowest BCUT2D eigenvalue weighted by Crippen LogP contribution is -2.26. The number of aromatic nitrogens is 2. The van der Waals surface area contributed by atoms with Gasteiger partial charge in [-0.1, -0.05) is 12.1 Å². The summed E-state index contributed by atoms with van der Waals surface area (Å²) < 4.78 is 7.64. The molecule has 35 heavy (non-hydrogen) atoms. The second-order valence-corrected chi connectivity index (χ2v) is 9.36. The van der Waals surface area contributed by atoms with Crippen molar-refractivity contribution in [1.82, 2.24) is 14.5 Å². The normalized spacial score (nSPS) is 10.7. The first kappa shape index (κ1) is 28.9. The largest absolute Gasteiger partial charge is 0.494 e. The smallest absolute Gasteiger partial charge is 0.250 e. The van der Waals surface area contributed by atoms with Crippen LogP contribution in [0.5, 0.6) is 5.75 Å². The Bertz CT molecular complexity index is 1200. The topological polar surface area (TPSA) is 47.4 Å². The Kier molecular flexibility index (Phi) is 12.3. The molecule has 0 unspecified atom stereocenters. The Morgan fingerprint density at radius 1 is 1.00 bits per heavy atom. The highest BCUT2D eigenvalue weighted by Crippen LogP contribution is 2.20. The van der Waals surface area contributed by atoms with E-state index in [2.05, 4.69) is 33.5 Å². The Morgan fingerprint density at radius 3 is 2.66 bits per heavy atom. The SMILES string of the molecule is Cl.Cl.Cn1c(=O)ccc2cc(OCCCCCN(CCc3cccnc3)Cc3cccs3)ccc21. The molecule has 0 aliphatic carbocycles. The standard InChI is InChI=1S/C27H31N3O2S.2ClH/c1-29-26-11-10-24(19-23(26)9-12-27(29)31)32-17-4-2-3-15-30(21-25-8-6-18-33-25)16-13-22-7-5-14-28-20-22;;/h5-12,14,18-20H,2-4,13,15-17,21H2,1H3;2*1H. The van der Waals surface area contributed by atoms with E-state index in [-0.39, 0.29) is 30.4 Å². The van der Waals surface area contributed by atoms with Gasteiger partial charge in [-0.15, -0.1) is 36.2 Å². The summed E-state index contributed by atoms with van der Waals surface area (Å²) in [5.41, 5.74) is 2.22. The van der Waals surface area contributed by atoms with E-state index in [1.165, 1.54) is 10.4 Å². The number of unbranched alkanes of at least 4 members (excludes halogenated alkanes) is 2. The van der Waals surface area contributed by atoms with Gasteiger partial charge in [-0.25, -0.2) is 0 Å². The molecule has 4 aromatic rings. The van der Waals surface area contributed by atoms with Crippen molar-refractivity contribution in [3.63, 3.8) is 0 Å². The predicted octanol–water partition coefficient (Wildman–Crippen LogP) is 6.13. The summed E-state index contributed by atoms with van der Waals surface area (Å²) in [4.78, 5) is 20.0. The van der Waals surface area contributed by atoms with Crippen LogP contribution in [-0.4, -0.2) is 34.1 Å². The fourth-order valence-corrected chi connectivity index (χ4v) is 4.73. The first-order valence-corrected chi connectivity index (χ1v) is 12.4. The highest BCUT2D eigenvalue weighted by atomic mass is 35.5. The molecule has 0 fully saturated rings. The Labute approximate surface area is 223 Å². The number of nitrogens with zero attached hydrogens (tertiary/aromatic N) is 3. The third-order valence-electron chi connectivity index (χ3n) is 5.88. The molecule has 3 heterocycles. The van der Waals surface area contributed by atoms with Gasteiger partial charge >= 0.3 is 0 Å². The van der Waals surface area contributed by atoms with Crippen molar-refractivity contribution >= 4 is 47.1 Å². The van der Waals surface area contributed by atoms with Crippen LogP contribution in [-0.2, 0) is 20.0 Å². The average molecular weight is 535 g/mol. The molecule has 5 nitrogen and oxygen atoms in total. The minimum Gasteiger partial charge on any atom is -0.494 e. The zero-order valence-corrected chi connectivity index (χ0v) is 22.4. The van der Waals surface area contributed by atoms with Gasteiger partial charge in [0.05, 0.1) is 12.1 Å². The molecule has 8 heteroatoms. The number of benzene rings is 1. The molecule has 3 aromatic heterocycles. The van der Waals surface area contributed by atoms with Gasteiger partial charge in [-0.2, -0.15) is 0 Å². The van der Waals surface area contributed by atoms with Gasteiger partial charge < -0.3 is 9.30 Å². The van der Waals surface area contributed by atoms with Gasteiger partial charge in [-0.3, -0.25) is 14.7 Å². The van der Waals surface area contributed by atoms with Crippen molar-refractivity contribution in [2.45, 2.75) is 32.2 Å². The lowest BCUT2D eigenvalue weighted by Gasteiger charge is -2.21. The monoisotopic (exact) mass is 533 g/mol. The molecule has 0 aliphatic rings. The second-order valence-electron chi connectivity index (χ2n) is 8.33. The second kappa shape index (κ2) is 14.9. The van der Waals surface area contributed by atoms with Crippen LogP contribution in [0.1, 0.15) is 29.7 Å². The fourth-order valence-electron chi connectivity index (χ4n) is 3.98. The van der Waals surface area contributed by atoms with Crippen molar-refractivity contribution in [2.75, 3.05) is 19.7 Å². The molecule has 0 bridgehead atoms. The lowest BCUT2D eigenvalue weighted by molar-refractivity contribution is 0.255. The fraction of sp³-hybridized carbons (Fsp3) is 0.333. The van der Waals surface area contributed by atoms with E-state index in [0.717, 1.165) is 62.0 Å². The van der Waals surface area contributed by atoms with Crippen molar-refractivity contribution < 1.29 is 4.74 Å². The summed E-state index contributed by atoms with van der Waals surface area (Å²) in [6.45, 7) is 3.84. The van der Waals surface area contributed by atoms with Crippen molar-refractivity contribution in [1.29, 1.82) is 0 Å². The number of hydrogen-bond donors (Lipinski definition) is 0. The van der Waals surface area contributed by atoms with Crippen molar-refractivity contribution in [2.24, 2.45) is 7.05 Å². The maximum Gasteiger partial charge on any atom is 0.250 e. The van der Waals surface area contributed by atoms with Gasteiger partial charge in [0.25, 0.3) is 5.56 Å². The summed E-state index contributed by atoms with van der Waals surface area (Å²) in [5.74, 6) is 0.858. The molecule has 0 spiro atoms. The minimum atomic E-state index is 0. The number of aryl methyl sites for hydroxylation is 1. The molecule has 0 saturated carbocycles. The van der Waals surface area contributed by atoms with E-state index >= 15 is 0 Å². The molecule has 188 valence electrons. The Hall–Kier alpha value is -2.38. The van der Waals surface area contributed by atoms with Crippen LogP contribution in [0, 0.1) is 0 Å². The van der Waals surface area contributed by atoms with Crippen molar-refractivity contribution in [3.05, 3.63) is 93.2 Å². The molecule has 0 aliphatic heterocycles. The predicted molar refractivity (Wildman–Crippen MR) is 151 cm³/mol. The van der Waals surface area contributed by atoms with Crippen LogP contribution in [0.15, 0.2) is 77.2 Å². The first-order chi connectivity index (χ1) is 16.2. The maximum absolute atomic E-state index is 11.8. The van der Waals surface area contributed by atoms with E-state index in [4.69, 9.17) is 4.74 Å². The van der Waals surface area contributed by atoms with Gasteiger partial charge in [-0.05, 0) is 79.6 Å². The summed E-state index contributed by atoms with van der Waals surface area (Å²) in [7, 11) is 1.80. The molecule has 0 saturated heterocycles. The molecule has 0 N–H and O–H groups in total. The zero-order valence-electron chi connectivity index (χ0n) is 20.0. The molecule has 0 amide bonds. The third-order valence-corrected chi connectivity index (χ3v) is 6.74. The molecule has 0 atom stereocenters. The molecular weight excluding hydrogens is 501 g/mol. The zero-order chi connectivity index (χ0) is 22.9. The molecule has 4 rings (SSSR count). The van der Waals surface area contributed by atoms with E-state index in [9.17, 15) is 4.79 Å². The van der Waals surface area contributed by atoms with Crippen LogP contribution in [0.25, 0.3) is 10.9 Å². The highest BCUT2D eigenvalue weighted by molar-refractivity contribution is 7.09. The number of hydrogen-bond acceptors (Lipinski definition) is 5. The van der Waals surface area contributed by atoms with E-state index in [0.29, 0.717) is 6.61 Å². The molecule has 0 radical (unpaired) electrons. The van der Waals surface area contributed by atoms with Gasteiger partial charge in [0.1, 0.15) is 5.75 Å². The number of halogens is 2. The van der Waals surface area contributed by atoms with E-state index in [1.54, 1.807) is 17.7 Å². The number of fused-ring (bicyclic) bond motifs is 1. The van der Waals surface area contributed by atoms with Gasteiger partial charge in [0.2, 0.25) is 0 Å². The average Bonchev–Trinajstić information content (AvgIpc) is 3.36. The highest BCUT2D eigenvalue weighted by Gasteiger charge is 2.08. The number of rotatable bonds is 12. The summed E-state index contributed by atoms with van der Waals surface area (Å²) >= 11 is 1.83. The van der Waals surface area contributed by atoms with E-state index < -0.39 is 0 Å². The summed E-state index contributed by atoms with van der Waals surface area (Å²) in [5, 5.41) is 3.17. The number of thiophene rings is 1. The lowest BCUT2D eigenvalue weighted by atomic mass is 10.2. The maximum atomic E-state index is 11.8.